The summed E-state index contributed by atoms with van der Waals surface area (Å²) in [6.07, 6.45) is 1.45. The maximum atomic E-state index is 12.5. The molecule has 8 heteroatoms. The van der Waals surface area contributed by atoms with Crippen LogP contribution in [0.25, 0.3) is 0 Å². The maximum absolute atomic E-state index is 12.5. The predicted molar refractivity (Wildman–Crippen MR) is 107 cm³/mol. The second kappa shape index (κ2) is 9.36. The lowest BCUT2D eigenvalue weighted by molar-refractivity contribution is 0.0945. The molecule has 1 aliphatic heterocycles. The van der Waals surface area contributed by atoms with E-state index in [1.165, 1.54) is 6.33 Å². The van der Waals surface area contributed by atoms with Gasteiger partial charge in [-0.25, -0.2) is 9.97 Å². The zero-order chi connectivity index (χ0) is 19.9. The minimum absolute atomic E-state index is 0.231. The molecule has 1 saturated heterocycles. The van der Waals surface area contributed by atoms with E-state index in [1.807, 2.05) is 18.2 Å². The largest absolute Gasteiger partial charge is 0.493 e. The van der Waals surface area contributed by atoms with Gasteiger partial charge in [-0.05, 0) is 24.2 Å². The second-order valence-electron chi connectivity index (χ2n) is 6.55. The molecule has 0 aliphatic carbocycles. The molecule has 1 amide bonds. The highest BCUT2D eigenvalue weighted by atomic mass is 16.5. The van der Waals surface area contributed by atoms with Crippen molar-refractivity contribution < 1.29 is 14.3 Å². The minimum atomic E-state index is -0.231. The maximum Gasteiger partial charge on any atom is 0.270 e. The van der Waals surface area contributed by atoms with Crippen molar-refractivity contribution in [2.75, 3.05) is 51.8 Å². The number of hydrogen-bond donors (Lipinski definition) is 1. The van der Waals surface area contributed by atoms with E-state index in [1.54, 1.807) is 20.3 Å². The summed E-state index contributed by atoms with van der Waals surface area (Å²) in [5.41, 5.74) is 1.28. The number of carbonyl (C=O) groups excluding carboxylic acids is 1. The van der Waals surface area contributed by atoms with Crippen LogP contribution in [0.3, 0.4) is 0 Å². The van der Waals surface area contributed by atoms with Crippen LogP contribution in [0, 0.1) is 0 Å². The molecule has 1 aromatic carbocycles. The normalized spacial score (nSPS) is 14.6. The van der Waals surface area contributed by atoms with E-state index in [2.05, 4.69) is 32.0 Å². The topological polar surface area (TPSA) is 79.8 Å². The molecule has 1 N–H and O–H groups in total. The molecule has 0 unspecified atom stereocenters. The van der Waals surface area contributed by atoms with Crippen molar-refractivity contribution in [3.05, 3.63) is 41.9 Å². The molecule has 1 aromatic heterocycles. The summed E-state index contributed by atoms with van der Waals surface area (Å²) in [6.45, 7) is 7.40. The first kappa shape index (κ1) is 19.9. The van der Waals surface area contributed by atoms with Crippen LogP contribution >= 0.6 is 0 Å². The zero-order valence-electron chi connectivity index (χ0n) is 16.6. The van der Waals surface area contributed by atoms with E-state index in [9.17, 15) is 4.79 Å². The standard InChI is InChI=1S/C20H27N5O3/c1-4-24-7-9-25(10-8-24)19-12-16(22-14-23-19)20(26)21-13-15-5-6-17(27-2)18(11-15)28-3/h5-6,11-12,14H,4,7-10,13H2,1-3H3,(H,21,26). The Kier molecular flexibility index (Phi) is 6.65. The minimum Gasteiger partial charge on any atom is -0.493 e. The van der Waals surface area contributed by atoms with E-state index in [4.69, 9.17) is 9.47 Å². The van der Waals surface area contributed by atoms with Crippen LogP contribution in [-0.2, 0) is 6.54 Å². The Morgan fingerprint density at radius 3 is 2.50 bits per heavy atom. The fourth-order valence-corrected chi connectivity index (χ4v) is 3.20. The van der Waals surface area contributed by atoms with Gasteiger partial charge in [0, 0.05) is 38.8 Å². The predicted octanol–water partition coefficient (Wildman–Crippen LogP) is 1.57. The van der Waals surface area contributed by atoms with E-state index < -0.39 is 0 Å². The number of likely N-dealkylation sites (N-methyl/N-ethyl adjacent to an activating group) is 1. The summed E-state index contributed by atoms with van der Waals surface area (Å²) < 4.78 is 10.5. The Morgan fingerprint density at radius 2 is 1.82 bits per heavy atom. The molecule has 1 aliphatic rings. The molecule has 0 radical (unpaired) electrons. The summed E-state index contributed by atoms with van der Waals surface area (Å²) >= 11 is 0. The second-order valence-corrected chi connectivity index (χ2v) is 6.55. The fourth-order valence-electron chi connectivity index (χ4n) is 3.20. The highest BCUT2D eigenvalue weighted by Crippen LogP contribution is 2.27. The lowest BCUT2D eigenvalue weighted by Crippen LogP contribution is -2.46. The Bertz CT molecular complexity index is 806. The molecule has 0 bridgehead atoms. The highest BCUT2D eigenvalue weighted by Gasteiger charge is 2.18. The molecule has 0 saturated carbocycles. The van der Waals surface area contributed by atoms with Crippen LogP contribution in [0.2, 0.25) is 0 Å². The van der Waals surface area contributed by atoms with Crippen molar-refractivity contribution in [2.45, 2.75) is 13.5 Å². The van der Waals surface area contributed by atoms with Crippen molar-refractivity contribution in [1.29, 1.82) is 0 Å². The number of carbonyl (C=O) groups is 1. The number of nitrogens with zero attached hydrogens (tertiary/aromatic N) is 4. The molecule has 8 nitrogen and oxygen atoms in total. The van der Waals surface area contributed by atoms with Crippen molar-refractivity contribution in [3.8, 4) is 11.5 Å². The number of anilines is 1. The number of ether oxygens (including phenoxy) is 2. The SMILES string of the molecule is CCN1CCN(c2cc(C(=O)NCc3ccc(OC)c(OC)c3)ncn2)CC1. The quantitative estimate of drug-likeness (QED) is 0.775. The first-order valence-electron chi connectivity index (χ1n) is 9.43. The Balaban J connectivity index is 1.62. The Hall–Kier alpha value is -2.87. The summed E-state index contributed by atoms with van der Waals surface area (Å²) in [5, 5.41) is 2.90. The smallest absolute Gasteiger partial charge is 0.270 e. The van der Waals surface area contributed by atoms with Crippen molar-refractivity contribution in [2.24, 2.45) is 0 Å². The number of nitrogens with one attached hydrogen (secondary N) is 1. The van der Waals surface area contributed by atoms with Crippen LogP contribution in [0.15, 0.2) is 30.6 Å². The van der Waals surface area contributed by atoms with Gasteiger partial charge in [0.1, 0.15) is 17.8 Å². The van der Waals surface area contributed by atoms with Crippen LogP contribution in [-0.4, -0.2) is 67.7 Å². The monoisotopic (exact) mass is 385 g/mol. The van der Waals surface area contributed by atoms with Crippen molar-refractivity contribution >= 4 is 11.7 Å². The third kappa shape index (κ3) is 4.69. The molecule has 0 spiro atoms. The Labute approximate surface area is 165 Å². The first-order valence-corrected chi connectivity index (χ1v) is 9.43. The number of amides is 1. The van der Waals surface area contributed by atoms with Crippen molar-refractivity contribution in [1.82, 2.24) is 20.2 Å². The molecular formula is C20H27N5O3. The number of methoxy groups -OCH3 is 2. The first-order chi connectivity index (χ1) is 13.6. The van der Waals surface area contributed by atoms with Crippen LogP contribution in [0.1, 0.15) is 23.0 Å². The molecule has 0 atom stereocenters. The zero-order valence-corrected chi connectivity index (χ0v) is 16.6. The number of benzene rings is 1. The molecule has 150 valence electrons. The van der Waals surface area contributed by atoms with E-state index in [-0.39, 0.29) is 5.91 Å². The van der Waals surface area contributed by atoms with E-state index in [0.717, 1.165) is 44.1 Å². The average molecular weight is 385 g/mol. The lowest BCUT2D eigenvalue weighted by atomic mass is 10.2. The van der Waals surface area contributed by atoms with Gasteiger partial charge < -0.3 is 24.6 Å². The molecular weight excluding hydrogens is 358 g/mol. The third-order valence-electron chi connectivity index (χ3n) is 4.93. The van der Waals surface area contributed by atoms with Crippen molar-refractivity contribution in [3.63, 3.8) is 0 Å². The number of rotatable bonds is 7. The van der Waals surface area contributed by atoms with Gasteiger partial charge in [0.2, 0.25) is 0 Å². The average Bonchev–Trinajstić information content (AvgIpc) is 2.77. The van der Waals surface area contributed by atoms with E-state index >= 15 is 0 Å². The van der Waals surface area contributed by atoms with Gasteiger partial charge in [0.15, 0.2) is 11.5 Å². The van der Waals surface area contributed by atoms with Gasteiger partial charge in [0.05, 0.1) is 14.2 Å². The number of piperazine rings is 1. The summed E-state index contributed by atoms with van der Waals surface area (Å²) in [4.78, 5) is 25.6. The Morgan fingerprint density at radius 1 is 1.07 bits per heavy atom. The summed E-state index contributed by atoms with van der Waals surface area (Å²) in [7, 11) is 3.18. The molecule has 3 rings (SSSR count). The molecule has 1 fully saturated rings. The highest BCUT2D eigenvalue weighted by molar-refractivity contribution is 5.92. The van der Waals surface area contributed by atoms with Gasteiger partial charge in [-0.15, -0.1) is 0 Å². The van der Waals surface area contributed by atoms with Gasteiger partial charge in [0.25, 0.3) is 5.91 Å². The third-order valence-corrected chi connectivity index (χ3v) is 4.93. The summed E-state index contributed by atoms with van der Waals surface area (Å²) in [5.74, 6) is 1.85. The van der Waals surface area contributed by atoms with Gasteiger partial charge in [-0.3, -0.25) is 4.79 Å². The van der Waals surface area contributed by atoms with Gasteiger partial charge >= 0.3 is 0 Å². The lowest BCUT2D eigenvalue weighted by Gasteiger charge is -2.34. The van der Waals surface area contributed by atoms with Crippen LogP contribution in [0.4, 0.5) is 5.82 Å². The molecule has 2 aromatic rings. The van der Waals surface area contributed by atoms with E-state index in [0.29, 0.717) is 23.7 Å². The fraction of sp³-hybridized carbons (Fsp3) is 0.450. The van der Waals surface area contributed by atoms with Crippen LogP contribution in [0.5, 0.6) is 11.5 Å². The van der Waals surface area contributed by atoms with Crippen LogP contribution < -0.4 is 19.7 Å². The summed E-state index contributed by atoms with van der Waals surface area (Å²) in [6, 6.07) is 7.31. The molecule has 2 heterocycles. The molecule has 28 heavy (non-hydrogen) atoms. The van der Waals surface area contributed by atoms with Gasteiger partial charge in [-0.2, -0.15) is 0 Å². The number of aromatic nitrogens is 2. The number of hydrogen-bond acceptors (Lipinski definition) is 7. The van der Waals surface area contributed by atoms with Gasteiger partial charge in [-0.1, -0.05) is 13.0 Å².